The molecule has 1 aliphatic carbocycles. The van der Waals surface area contributed by atoms with E-state index in [2.05, 4.69) is 26.6 Å². The highest BCUT2D eigenvalue weighted by Crippen LogP contribution is 2.22. The zero-order chi connectivity index (χ0) is 20.8. The van der Waals surface area contributed by atoms with Crippen molar-refractivity contribution in [3.05, 3.63) is 58.3 Å². The first-order valence-corrected chi connectivity index (χ1v) is 9.65. The molecular formula is C20H18BrFN2O5. The molecule has 0 spiro atoms. The van der Waals surface area contributed by atoms with Crippen LogP contribution < -0.4 is 15.4 Å². The maximum absolute atomic E-state index is 13.6. The molecule has 29 heavy (non-hydrogen) atoms. The second-order valence-corrected chi connectivity index (χ2v) is 7.28. The molecule has 1 aliphatic rings. The lowest BCUT2D eigenvalue weighted by atomic mass is 10.1. The van der Waals surface area contributed by atoms with E-state index in [4.69, 9.17) is 9.47 Å². The smallest absolute Gasteiger partial charge is 0.344 e. The first-order chi connectivity index (χ1) is 13.9. The first kappa shape index (κ1) is 20.8. The number of benzene rings is 2. The number of carbonyl (C=O) groups excluding carboxylic acids is 3. The number of hydrogen-bond acceptors (Lipinski definition) is 5. The summed E-state index contributed by atoms with van der Waals surface area (Å²) in [5, 5.41) is 5.40. The van der Waals surface area contributed by atoms with E-state index >= 15 is 0 Å². The van der Waals surface area contributed by atoms with Crippen LogP contribution in [0.4, 0.5) is 10.1 Å². The monoisotopic (exact) mass is 464 g/mol. The largest absolute Gasteiger partial charge is 0.479 e. The minimum atomic E-state index is -0.831. The van der Waals surface area contributed by atoms with E-state index in [1.165, 1.54) is 12.1 Å². The van der Waals surface area contributed by atoms with Gasteiger partial charge < -0.3 is 20.1 Å². The van der Waals surface area contributed by atoms with Crippen LogP contribution in [-0.2, 0) is 14.3 Å². The van der Waals surface area contributed by atoms with Crippen LogP contribution in [0.15, 0.2) is 46.9 Å². The highest BCUT2D eigenvalue weighted by atomic mass is 79.9. The Morgan fingerprint density at radius 3 is 2.59 bits per heavy atom. The van der Waals surface area contributed by atoms with Crippen molar-refractivity contribution in [1.29, 1.82) is 0 Å². The zero-order valence-electron chi connectivity index (χ0n) is 15.2. The molecule has 7 nitrogen and oxygen atoms in total. The summed E-state index contributed by atoms with van der Waals surface area (Å²) in [7, 11) is 0. The Hall–Kier alpha value is -2.94. The molecule has 2 amide bonds. The Morgan fingerprint density at radius 2 is 1.86 bits per heavy atom. The highest BCUT2D eigenvalue weighted by molar-refractivity contribution is 9.10. The average molecular weight is 465 g/mol. The van der Waals surface area contributed by atoms with E-state index in [-0.39, 0.29) is 17.7 Å². The molecule has 0 radical (unpaired) electrons. The number of esters is 1. The van der Waals surface area contributed by atoms with Gasteiger partial charge in [0, 0.05) is 10.5 Å². The van der Waals surface area contributed by atoms with E-state index in [0.29, 0.717) is 15.7 Å². The van der Waals surface area contributed by atoms with Gasteiger partial charge in [0.15, 0.2) is 24.8 Å². The van der Waals surface area contributed by atoms with Crippen LogP contribution in [-0.4, -0.2) is 37.0 Å². The van der Waals surface area contributed by atoms with Crippen molar-refractivity contribution < 1.29 is 28.2 Å². The van der Waals surface area contributed by atoms with Crippen LogP contribution in [0, 0.1) is 5.82 Å². The van der Waals surface area contributed by atoms with Crippen molar-refractivity contribution in [2.45, 2.75) is 18.9 Å². The molecule has 0 bridgehead atoms. The van der Waals surface area contributed by atoms with Gasteiger partial charge in [0.05, 0.1) is 11.3 Å². The van der Waals surface area contributed by atoms with E-state index in [0.717, 1.165) is 12.8 Å². The lowest BCUT2D eigenvalue weighted by Crippen LogP contribution is -2.28. The summed E-state index contributed by atoms with van der Waals surface area (Å²) < 4.78 is 24.0. The summed E-state index contributed by atoms with van der Waals surface area (Å²) in [6.45, 7) is -1.12. The summed E-state index contributed by atoms with van der Waals surface area (Å²) >= 11 is 3.12. The third-order valence-corrected chi connectivity index (χ3v) is 4.46. The van der Waals surface area contributed by atoms with Crippen LogP contribution in [0.1, 0.15) is 23.2 Å². The molecule has 0 heterocycles. The summed E-state index contributed by atoms with van der Waals surface area (Å²) in [5.41, 5.74) is 0.646. The van der Waals surface area contributed by atoms with Gasteiger partial charge >= 0.3 is 5.97 Å². The number of amides is 2. The lowest BCUT2D eigenvalue weighted by molar-refractivity contribution is -0.149. The number of para-hydroxylation sites is 1. The topological polar surface area (TPSA) is 93.7 Å². The Balaban J connectivity index is 1.47. The molecule has 0 saturated heterocycles. The molecule has 0 atom stereocenters. The van der Waals surface area contributed by atoms with Crippen molar-refractivity contribution in [3.63, 3.8) is 0 Å². The number of anilines is 1. The van der Waals surface area contributed by atoms with Gasteiger partial charge in [0.1, 0.15) is 0 Å². The number of carbonyl (C=O) groups is 3. The molecule has 1 fully saturated rings. The van der Waals surface area contributed by atoms with E-state index in [1.807, 2.05) is 0 Å². The Morgan fingerprint density at radius 1 is 1.10 bits per heavy atom. The number of rotatable bonds is 8. The van der Waals surface area contributed by atoms with Crippen LogP contribution in [0.5, 0.6) is 5.75 Å². The molecular weight excluding hydrogens is 447 g/mol. The standard InChI is InChI=1S/C20H18BrFN2O5/c21-12-5-8-17(15(22)9-12)28-11-19(26)29-10-18(25)24-16-4-2-1-3-14(16)20(27)23-13-6-7-13/h1-5,8-9,13H,6-7,10-11H2,(H,23,27)(H,24,25). The fraction of sp³-hybridized carbons (Fsp3) is 0.250. The van der Waals surface area contributed by atoms with Crippen molar-refractivity contribution in [2.24, 2.45) is 0 Å². The van der Waals surface area contributed by atoms with Gasteiger partial charge in [-0.25, -0.2) is 9.18 Å². The third kappa shape index (κ3) is 6.28. The molecule has 1 saturated carbocycles. The van der Waals surface area contributed by atoms with E-state index in [9.17, 15) is 18.8 Å². The fourth-order valence-electron chi connectivity index (χ4n) is 2.38. The molecule has 152 valence electrons. The minimum Gasteiger partial charge on any atom is -0.479 e. The van der Waals surface area contributed by atoms with Gasteiger partial charge in [0.2, 0.25) is 0 Å². The van der Waals surface area contributed by atoms with Crippen molar-refractivity contribution in [2.75, 3.05) is 18.5 Å². The second kappa shape index (κ2) is 9.51. The van der Waals surface area contributed by atoms with Gasteiger partial charge in [-0.3, -0.25) is 9.59 Å². The maximum Gasteiger partial charge on any atom is 0.344 e. The predicted molar refractivity (Wildman–Crippen MR) is 106 cm³/mol. The molecule has 0 aliphatic heterocycles. The van der Waals surface area contributed by atoms with Gasteiger partial charge in [-0.2, -0.15) is 0 Å². The summed E-state index contributed by atoms with van der Waals surface area (Å²) in [6, 6.07) is 10.9. The summed E-state index contributed by atoms with van der Waals surface area (Å²) in [4.78, 5) is 36.0. The summed E-state index contributed by atoms with van der Waals surface area (Å²) in [5.74, 6) is -2.46. The van der Waals surface area contributed by atoms with Crippen LogP contribution in [0.25, 0.3) is 0 Å². The fourth-order valence-corrected chi connectivity index (χ4v) is 2.72. The Labute approximate surface area is 174 Å². The average Bonchev–Trinajstić information content (AvgIpc) is 3.50. The molecule has 2 aromatic rings. The number of nitrogens with one attached hydrogen (secondary N) is 2. The molecule has 9 heteroatoms. The highest BCUT2D eigenvalue weighted by Gasteiger charge is 2.25. The van der Waals surface area contributed by atoms with Crippen molar-refractivity contribution in [1.82, 2.24) is 5.32 Å². The first-order valence-electron chi connectivity index (χ1n) is 8.85. The van der Waals surface area contributed by atoms with E-state index in [1.54, 1.807) is 30.3 Å². The molecule has 2 aromatic carbocycles. The van der Waals surface area contributed by atoms with Gasteiger partial charge in [-0.05, 0) is 43.2 Å². The number of ether oxygens (including phenoxy) is 2. The molecule has 2 N–H and O–H groups in total. The van der Waals surface area contributed by atoms with Crippen LogP contribution in [0.3, 0.4) is 0 Å². The van der Waals surface area contributed by atoms with Gasteiger partial charge in [-0.15, -0.1) is 0 Å². The normalized spacial score (nSPS) is 12.8. The summed E-state index contributed by atoms with van der Waals surface area (Å²) in [6.07, 6.45) is 1.89. The quantitative estimate of drug-likeness (QED) is 0.585. The third-order valence-electron chi connectivity index (χ3n) is 3.96. The van der Waals surface area contributed by atoms with Gasteiger partial charge in [-0.1, -0.05) is 28.1 Å². The zero-order valence-corrected chi connectivity index (χ0v) is 16.8. The van der Waals surface area contributed by atoms with E-state index < -0.39 is 30.9 Å². The molecule has 3 rings (SSSR count). The van der Waals surface area contributed by atoms with Gasteiger partial charge in [0.25, 0.3) is 11.8 Å². The molecule has 0 aromatic heterocycles. The van der Waals surface area contributed by atoms with Crippen LogP contribution >= 0.6 is 15.9 Å². The second-order valence-electron chi connectivity index (χ2n) is 6.37. The number of hydrogen-bond donors (Lipinski definition) is 2. The minimum absolute atomic E-state index is 0.106. The lowest BCUT2D eigenvalue weighted by Gasteiger charge is -2.11. The Kier molecular flexibility index (Phi) is 6.82. The Bertz CT molecular complexity index is 933. The van der Waals surface area contributed by atoms with Crippen molar-refractivity contribution >= 4 is 39.4 Å². The maximum atomic E-state index is 13.6. The van der Waals surface area contributed by atoms with Crippen molar-refractivity contribution in [3.8, 4) is 5.75 Å². The number of halogens is 2. The SMILES string of the molecule is O=C(COC(=O)COc1ccc(Br)cc1F)Nc1ccccc1C(=O)NC1CC1. The van der Waals surface area contributed by atoms with Crippen LogP contribution in [0.2, 0.25) is 0 Å². The molecule has 0 unspecified atom stereocenters. The predicted octanol–water partition coefficient (Wildman–Crippen LogP) is 3.04.